The lowest BCUT2D eigenvalue weighted by molar-refractivity contribution is -0.118. The molecule has 1 aromatic carbocycles. The lowest BCUT2D eigenvalue weighted by Gasteiger charge is -2.07. The fourth-order valence-electron chi connectivity index (χ4n) is 1.57. The molecule has 0 aliphatic rings. The summed E-state index contributed by atoms with van der Waals surface area (Å²) in [4.78, 5) is 20.1. The normalized spacial score (nSPS) is 10.4. The standard InChI is InChI=1S/C15H17N3O2/c1-10(2)15(19)18-12-8-16-14(17-9-12)11-4-6-13(20-3)7-5-11/h4-10H,1-3H3,(H,18,19). The fourth-order valence-corrected chi connectivity index (χ4v) is 1.57. The van der Waals surface area contributed by atoms with Crippen LogP contribution in [0.15, 0.2) is 36.7 Å². The van der Waals surface area contributed by atoms with Crippen molar-refractivity contribution in [3.05, 3.63) is 36.7 Å². The van der Waals surface area contributed by atoms with Gasteiger partial charge in [-0.3, -0.25) is 4.79 Å². The molecule has 0 atom stereocenters. The summed E-state index contributed by atoms with van der Waals surface area (Å²) in [5, 5.41) is 2.75. The number of carbonyl (C=O) groups is 1. The van der Waals surface area contributed by atoms with E-state index in [2.05, 4.69) is 15.3 Å². The first-order valence-electron chi connectivity index (χ1n) is 6.37. The molecule has 0 aliphatic carbocycles. The fraction of sp³-hybridized carbons (Fsp3) is 0.267. The monoisotopic (exact) mass is 271 g/mol. The van der Waals surface area contributed by atoms with Gasteiger partial charge in [-0.1, -0.05) is 13.8 Å². The first-order valence-corrected chi connectivity index (χ1v) is 6.37. The molecule has 1 aromatic heterocycles. The van der Waals surface area contributed by atoms with Gasteiger partial charge in [0.1, 0.15) is 5.75 Å². The maximum Gasteiger partial charge on any atom is 0.227 e. The molecule has 0 bridgehead atoms. The maximum absolute atomic E-state index is 11.6. The number of nitrogens with zero attached hydrogens (tertiary/aromatic N) is 2. The molecule has 2 rings (SSSR count). The molecule has 1 amide bonds. The lowest BCUT2D eigenvalue weighted by Crippen LogP contribution is -2.17. The first kappa shape index (κ1) is 14.0. The van der Waals surface area contributed by atoms with Gasteiger partial charge in [0.05, 0.1) is 25.2 Å². The number of anilines is 1. The molecule has 1 N–H and O–H groups in total. The van der Waals surface area contributed by atoms with E-state index in [1.165, 1.54) is 0 Å². The molecule has 0 spiro atoms. The van der Waals surface area contributed by atoms with Crippen molar-refractivity contribution in [2.45, 2.75) is 13.8 Å². The molecule has 104 valence electrons. The minimum Gasteiger partial charge on any atom is -0.497 e. The van der Waals surface area contributed by atoms with E-state index in [9.17, 15) is 4.79 Å². The van der Waals surface area contributed by atoms with Gasteiger partial charge in [-0.2, -0.15) is 0 Å². The Kier molecular flexibility index (Phi) is 4.30. The summed E-state index contributed by atoms with van der Waals surface area (Å²) >= 11 is 0. The summed E-state index contributed by atoms with van der Waals surface area (Å²) in [6.45, 7) is 3.67. The quantitative estimate of drug-likeness (QED) is 0.928. The van der Waals surface area contributed by atoms with Crippen LogP contribution in [0.2, 0.25) is 0 Å². The van der Waals surface area contributed by atoms with Gasteiger partial charge in [-0.05, 0) is 24.3 Å². The number of nitrogens with one attached hydrogen (secondary N) is 1. The topological polar surface area (TPSA) is 64.1 Å². The Bertz CT molecular complexity index is 577. The summed E-state index contributed by atoms with van der Waals surface area (Å²) in [5.41, 5.74) is 1.49. The van der Waals surface area contributed by atoms with Crippen molar-refractivity contribution in [3.8, 4) is 17.1 Å². The second kappa shape index (κ2) is 6.14. The van der Waals surface area contributed by atoms with Gasteiger partial charge in [-0.15, -0.1) is 0 Å². The van der Waals surface area contributed by atoms with Crippen molar-refractivity contribution in [2.75, 3.05) is 12.4 Å². The Hall–Kier alpha value is -2.43. The van der Waals surface area contributed by atoms with E-state index in [4.69, 9.17) is 4.74 Å². The Morgan fingerprint density at radius 1 is 1.15 bits per heavy atom. The van der Waals surface area contributed by atoms with Gasteiger partial charge in [-0.25, -0.2) is 9.97 Å². The smallest absolute Gasteiger partial charge is 0.227 e. The van der Waals surface area contributed by atoms with Crippen molar-refractivity contribution in [1.82, 2.24) is 9.97 Å². The number of amides is 1. The van der Waals surface area contributed by atoms with Crippen LogP contribution in [0, 0.1) is 5.92 Å². The highest BCUT2D eigenvalue weighted by Gasteiger charge is 2.08. The highest BCUT2D eigenvalue weighted by atomic mass is 16.5. The average molecular weight is 271 g/mol. The summed E-state index contributed by atoms with van der Waals surface area (Å²) < 4.78 is 5.10. The van der Waals surface area contributed by atoms with Crippen LogP contribution < -0.4 is 10.1 Å². The van der Waals surface area contributed by atoms with Crippen molar-refractivity contribution >= 4 is 11.6 Å². The number of benzene rings is 1. The number of carbonyl (C=O) groups excluding carboxylic acids is 1. The molecule has 2 aromatic rings. The van der Waals surface area contributed by atoms with Crippen molar-refractivity contribution in [3.63, 3.8) is 0 Å². The molecule has 0 aliphatic heterocycles. The SMILES string of the molecule is COc1ccc(-c2ncc(NC(=O)C(C)C)cn2)cc1. The number of rotatable bonds is 4. The number of hydrogen-bond acceptors (Lipinski definition) is 4. The molecule has 0 fully saturated rings. The second-order valence-corrected chi connectivity index (χ2v) is 4.67. The predicted octanol–water partition coefficient (Wildman–Crippen LogP) is 2.75. The van der Waals surface area contributed by atoms with E-state index < -0.39 is 0 Å². The molecule has 0 saturated heterocycles. The highest BCUT2D eigenvalue weighted by Crippen LogP contribution is 2.19. The van der Waals surface area contributed by atoms with Crippen LogP contribution in [0.1, 0.15) is 13.8 Å². The van der Waals surface area contributed by atoms with Gasteiger partial charge >= 0.3 is 0 Å². The molecule has 20 heavy (non-hydrogen) atoms. The number of aromatic nitrogens is 2. The van der Waals surface area contributed by atoms with E-state index in [0.717, 1.165) is 11.3 Å². The maximum atomic E-state index is 11.6. The van der Waals surface area contributed by atoms with Crippen molar-refractivity contribution in [2.24, 2.45) is 5.92 Å². The van der Waals surface area contributed by atoms with Crippen LogP contribution in [0.3, 0.4) is 0 Å². The Morgan fingerprint density at radius 2 is 1.75 bits per heavy atom. The molecule has 1 heterocycles. The number of ether oxygens (including phenoxy) is 1. The van der Waals surface area contributed by atoms with Crippen LogP contribution in [-0.2, 0) is 4.79 Å². The predicted molar refractivity (Wildman–Crippen MR) is 77.5 cm³/mol. The average Bonchev–Trinajstić information content (AvgIpc) is 2.48. The second-order valence-electron chi connectivity index (χ2n) is 4.67. The highest BCUT2D eigenvalue weighted by molar-refractivity contribution is 5.91. The van der Waals surface area contributed by atoms with Gasteiger partial charge in [0.2, 0.25) is 5.91 Å². The molecule has 5 heteroatoms. The molecular weight excluding hydrogens is 254 g/mol. The van der Waals surface area contributed by atoms with Gasteiger partial charge in [0.25, 0.3) is 0 Å². The number of methoxy groups -OCH3 is 1. The third kappa shape index (κ3) is 3.32. The minimum absolute atomic E-state index is 0.0502. The van der Waals surface area contributed by atoms with Crippen LogP contribution in [0.5, 0.6) is 5.75 Å². The van der Waals surface area contributed by atoms with Crippen LogP contribution in [0.25, 0.3) is 11.4 Å². The summed E-state index contributed by atoms with van der Waals surface area (Å²) in [5.74, 6) is 1.27. The number of hydrogen-bond donors (Lipinski definition) is 1. The van der Waals surface area contributed by atoms with Crippen LogP contribution in [-0.4, -0.2) is 23.0 Å². The Balaban J connectivity index is 2.12. The van der Waals surface area contributed by atoms with E-state index in [-0.39, 0.29) is 11.8 Å². The van der Waals surface area contributed by atoms with Gasteiger partial charge in [0, 0.05) is 11.5 Å². The summed E-state index contributed by atoms with van der Waals surface area (Å²) in [6, 6.07) is 7.49. The van der Waals surface area contributed by atoms with Crippen LogP contribution >= 0.6 is 0 Å². The Labute approximate surface area is 118 Å². The molecular formula is C15H17N3O2. The summed E-state index contributed by atoms with van der Waals surface area (Å²) in [7, 11) is 1.62. The third-order valence-electron chi connectivity index (χ3n) is 2.79. The van der Waals surface area contributed by atoms with E-state index in [1.54, 1.807) is 19.5 Å². The largest absolute Gasteiger partial charge is 0.497 e. The van der Waals surface area contributed by atoms with E-state index >= 15 is 0 Å². The molecule has 0 radical (unpaired) electrons. The minimum atomic E-state index is -0.0729. The third-order valence-corrected chi connectivity index (χ3v) is 2.79. The molecule has 0 unspecified atom stereocenters. The van der Waals surface area contributed by atoms with E-state index in [1.807, 2.05) is 38.1 Å². The zero-order valence-corrected chi connectivity index (χ0v) is 11.8. The van der Waals surface area contributed by atoms with Gasteiger partial charge < -0.3 is 10.1 Å². The van der Waals surface area contributed by atoms with Gasteiger partial charge in [0.15, 0.2) is 5.82 Å². The van der Waals surface area contributed by atoms with Crippen molar-refractivity contribution < 1.29 is 9.53 Å². The molecule has 5 nitrogen and oxygen atoms in total. The first-order chi connectivity index (χ1) is 9.60. The lowest BCUT2D eigenvalue weighted by atomic mass is 10.2. The van der Waals surface area contributed by atoms with E-state index in [0.29, 0.717) is 11.5 Å². The Morgan fingerprint density at radius 3 is 2.25 bits per heavy atom. The van der Waals surface area contributed by atoms with Crippen LogP contribution in [0.4, 0.5) is 5.69 Å². The van der Waals surface area contributed by atoms with Crippen molar-refractivity contribution in [1.29, 1.82) is 0 Å². The zero-order chi connectivity index (χ0) is 14.5. The summed E-state index contributed by atoms with van der Waals surface area (Å²) in [6.07, 6.45) is 3.21. The zero-order valence-electron chi connectivity index (χ0n) is 11.8. The molecule has 0 saturated carbocycles.